The molecular weight excluding hydrogens is 235 g/mol. The first kappa shape index (κ1) is 12.5. The standard InChI is InChI=1S/C13H15FN2O2/c14-11-3-1-10(2-4-11)13(18)16-7-5-9(6-8-16)12(15)17/h1-4,9H,5-8H2,(H2,15,17). The fraction of sp³-hybridized carbons (Fsp3) is 0.385. The van der Waals surface area contributed by atoms with Crippen LogP contribution in [0.15, 0.2) is 24.3 Å². The van der Waals surface area contributed by atoms with Crippen molar-refractivity contribution in [2.75, 3.05) is 13.1 Å². The highest BCUT2D eigenvalue weighted by atomic mass is 19.1. The zero-order valence-electron chi connectivity index (χ0n) is 9.93. The number of nitrogens with two attached hydrogens (primary N) is 1. The molecule has 1 heterocycles. The molecule has 1 aliphatic rings. The fourth-order valence-electron chi connectivity index (χ4n) is 2.14. The Kier molecular flexibility index (Phi) is 3.60. The molecule has 18 heavy (non-hydrogen) atoms. The minimum absolute atomic E-state index is 0.127. The summed E-state index contributed by atoms with van der Waals surface area (Å²) in [5, 5.41) is 0. The van der Waals surface area contributed by atoms with Crippen LogP contribution in [0.3, 0.4) is 0 Å². The van der Waals surface area contributed by atoms with Crippen molar-refractivity contribution in [2.45, 2.75) is 12.8 Å². The lowest BCUT2D eigenvalue weighted by molar-refractivity contribution is -0.123. The second-order valence-corrected chi connectivity index (χ2v) is 4.48. The zero-order chi connectivity index (χ0) is 13.1. The normalized spacial score (nSPS) is 16.6. The number of nitrogens with zero attached hydrogens (tertiary/aromatic N) is 1. The van der Waals surface area contributed by atoms with Gasteiger partial charge in [0.25, 0.3) is 5.91 Å². The third-order valence-electron chi connectivity index (χ3n) is 3.28. The van der Waals surface area contributed by atoms with E-state index in [1.54, 1.807) is 4.90 Å². The van der Waals surface area contributed by atoms with Crippen LogP contribution in [0, 0.1) is 11.7 Å². The topological polar surface area (TPSA) is 63.4 Å². The number of likely N-dealkylation sites (tertiary alicyclic amines) is 1. The molecule has 2 amide bonds. The first-order valence-corrected chi connectivity index (χ1v) is 5.92. The molecule has 1 fully saturated rings. The first-order valence-electron chi connectivity index (χ1n) is 5.92. The summed E-state index contributed by atoms with van der Waals surface area (Å²) >= 11 is 0. The van der Waals surface area contributed by atoms with Crippen molar-refractivity contribution in [3.63, 3.8) is 0 Å². The predicted molar refractivity (Wildman–Crippen MR) is 64.2 cm³/mol. The van der Waals surface area contributed by atoms with Crippen LogP contribution in [0.2, 0.25) is 0 Å². The molecule has 0 spiro atoms. The number of hydrogen-bond donors (Lipinski definition) is 1. The van der Waals surface area contributed by atoms with Crippen LogP contribution in [0.1, 0.15) is 23.2 Å². The van der Waals surface area contributed by atoms with Crippen LogP contribution in [-0.4, -0.2) is 29.8 Å². The summed E-state index contributed by atoms with van der Waals surface area (Å²) in [5.74, 6) is -0.928. The highest BCUT2D eigenvalue weighted by molar-refractivity contribution is 5.94. The van der Waals surface area contributed by atoms with Gasteiger partial charge in [-0.2, -0.15) is 0 Å². The van der Waals surface area contributed by atoms with E-state index in [0.29, 0.717) is 31.5 Å². The molecule has 2 rings (SSSR count). The molecule has 0 atom stereocenters. The number of primary amides is 1. The highest BCUT2D eigenvalue weighted by Crippen LogP contribution is 2.18. The van der Waals surface area contributed by atoms with Gasteiger partial charge in [-0.1, -0.05) is 0 Å². The molecule has 0 radical (unpaired) electrons. The van der Waals surface area contributed by atoms with Crippen molar-refractivity contribution in [3.05, 3.63) is 35.6 Å². The van der Waals surface area contributed by atoms with Gasteiger partial charge in [0, 0.05) is 24.6 Å². The Bertz CT molecular complexity index is 451. The summed E-state index contributed by atoms with van der Waals surface area (Å²) in [6, 6.07) is 5.47. The smallest absolute Gasteiger partial charge is 0.253 e. The zero-order valence-corrected chi connectivity index (χ0v) is 9.93. The lowest BCUT2D eigenvalue weighted by Gasteiger charge is -2.30. The van der Waals surface area contributed by atoms with Crippen LogP contribution in [-0.2, 0) is 4.79 Å². The summed E-state index contributed by atoms with van der Waals surface area (Å²) in [4.78, 5) is 24.8. The van der Waals surface area contributed by atoms with Gasteiger partial charge in [0.05, 0.1) is 0 Å². The Morgan fingerprint density at radius 3 is 2.22 bits per heavy atom. The number of piperidine rings is 1. The van der Waals surface area contributed by atoms with Crippen molar-refractivity contribution in [1.82, 2.24) is 4.90 Å². The van der Waals surface area contributed by atoms with Gasteiger partial charge < -0.3 is 10.6 Å². The molecule has 0 aromatic heterocycles. The minimum Gasteiger partial charge on any atom is -0.369 e. The van der Waals surface area contributed by atoms with Gasteiger partial charge in [0.1, 0.15) is 5.82 Å². The van der Waals surface area contributed by atoms with Crippen molar-refractivity contribution in [1.29, 1.82) is 0 Å². The molecular formula is C13H15FN2O2. The van der Waals surface area contributed by atoms with E-state index in [9.17, 15) is 14.0 Å². The molecule has 1 aromatic carbocycles. The Morgan fingerprint density at radius 2 is 1.72 bits per heavy atom. The van der Waals surface area contributed by atoms with Gasteiger partial charge in [-0.15, -0.1) is 0 Å². The highest BCUT2D eigenvalue weighted by Gasteiger charge is 2.26. The van der Waals surface area contributed by atoms with Gasteiger partial charge in [-0.25, -0.2) is 4.39 Å². The predicted octanol–water partition coefficient (Wildman–Crippen LogP) is 1.16. The number of amides is 2. The second-order valence-electron chi connectivity index (χ2n) is 4.48. The molecule has 2 N–H and O–H groups in total. The van der Waals surface area contributed by atoms with Crippen molar-refractivity contribution >= 4 is 11.8 Å². The van der Waals surface area contributed by atoms with Crippen molar-refractivity contribution < 1.29 is 14.0 Å². The van der Waals surface area contributed by atoms with Crippen LogP contribution < -0.4 is 5.73 Å². The maximum Gasteiger partial charge on any atom is 0.253 e. The van der Waals surface area contributed by atoms with Gasteiger partial charge in [-0.3, -0.25) is 9.59 Å². The number of rotatable bonds is 2. The largest absolute Gasteiger partial charge is 0.369 e. The van der Waals surface area contributed by atoms with E-state index in [1.807, 2.05) is 0 Å². The molecule has 1 saturated heterocycles. The van der Waals surface area contributed by atoms with Crippen LogP contribution >= 0.6 is 0 Å². The minimum atomic E-state index is -0.362. The van der Waals surface area contributed by atoms with Gasteiger partial charge in [0.2, 0.25) is 5.91 Å². The maximum absolute atomic E-state index is 12.8. The lowest BCUT2D eigenvalue weighted by Crippen LogP contribution is -2.41. The molecule has 1 aromatic rings. The summed E-state index contributed by atoms with van der Waals surface area (Å²) < 4.78 is 12.8. The summed E-state index contributed by atoms with van der Waals surface area (Å²) in [6.45, 7) is 1.04. The van der Waals surface area contributed by atoms with Crippen LogP contribution in [0.5, 0.6) is 0 Å². The third kappa shape index (κ3) is 2.67. The van der Waals surface area contributed by atoms with Gasteiger partial charge >= 0.3 is 0 Å². The van der Waals surface area contributed by atoms with Crippen LogP contribution in [0.4, 0.5) is 4.39 Å². The van der Waals surface area contributed by atoms with E-state index in [1.165, 1.54) is 24.3 Å². The molecule has 0 bridgehead atoms. The Hall–Kier alpha value is -1.91. The Balaban J connectivity index is 1.99. The molecule has 5 heteroatoms. The molecule has 1 aliphatic heterocycles. The SMILES string of the molecule is NC(=O)C1CCN(C(=O)c2ccc(F)cc2)CC1. The monoisotopic (exact) mass is 250 g/mol. The van der Waals surface area contributed by atoms with E-state index in [2.05, 4.69) is 0 Å². The second kappa shape index (κ2) is 5.16. The average molecular weight is 250 g/mol. The molecule has 0 aliphatic carbocycles. The van der Waals surface area contributed by atoms with E-state index < -0.39 is 0 Å². The van der Waals surface area contributed by atoms with E-state index in [0.717, 1.165) is 0 Å². The molecule has 96 valence electrons. The maximum atomic E-state index is 12.8. The van der Waals surface area contributed by atoms with Crippen LogP contribution in [0.25, 0.3) is 0 Å². The molecule has 0 unspecified atom stereocenters. The molecule has 0 saturated carbocycles. The average Bonchev–Trinajstić information content (AvgIpc) is 2.39. The summed E-state index contributed by atoms with van der Waals surface area (Å²) in [7, 11) is 0. The van der Waals surface area contributed by atoms with Crippen molar-refractivity contribution in [3.8, 4) is 0 Å². The molecule has 4 nitrogen and oxygen atoms in total. The summed E-state index contributed by atoms with van der Waals surface area (Å²) in [6.07, 6.45) is 1.20. The number of carbonyl (C=O) groups excluding carboxylic acids is 2. The lowest BCUT2D eigenvalue weighted by atomic mass is 9.96. The Morgan fingerprint density at radius 1 is 1.17 bits per heavy atom. The van der Waals surface area contributed by atoms with Crippen molar-refractivity contribution in [2.24, 2.45) is 11.7 Å². The number of halogens is 1. The number of benzene rings is 1. The van der Waals surface area contributed by atoms with E-state index >= 15 is 0 Å². The van der Waals surface area contributed by atoms with Gasteiger partial charge in [-0.05, 0) is 37.1 Å². The third-order valence-corrected chi connectivity index (χ3v) is 3.28. The Labute approximate surface area is 105 Å². The summed E-state index contributed by atoms with van der Waals surface area (Å²) in [5.41, 5.74) is 5.70. The van der Waals surface area contributed by atoms with E-state index in [-0.39, 0.29) is 23.5 Å². The quantitative estimate of drug-likeness (QED) is 0.856. The van der Waals surface area contributed by atoms with Gasteiger partial charge in [0.15, 0.2) is 0 Å². The fourth-order valence-corrected chi connectivity index (χ4v) is 2.14. The number of carbonyl (C=O) groups is 2. The van der Waals surface area contributed by atoms with E-state index in [4.69, 9.17) is 5.73 Å². The number of hydrogen-bond acceptors (Lipinski definition) is 2. The first-order chi connectivity index (χ1) is 8.58.